The first kappa shape index (κ1) is 11.0. The van der Waals surface area contributed by atoms with Gasteiger partial charge in [0.25, 0.3) is 0 Å². The summed E-state index contributed by atoms with van der Waals surface area (Å²) in [4.78, 5) is 0. The molecule has 1 N–H and O–H groups in total. The van der Waals surface area contributed by atoms with Crippen LogP contribution in [0.5, 0.6) is 0 Å². The molecule has 66 valence electrons. The van der Waals surface area contributed by atoms with Crippen molar-refractivity contribution in [2.24, 2.45) is 0 Å². The lowest BCUT2D eigenvalue weighted by atomic mass is 10.0. The van der Waals surface area contributed by atoms with Crippen LogP contribution in [0.3, 0.4) is 0 Å². The van der Waals surface area contributed by atoms with Gasteiger partial charge in [-0.1, -0.05) is 11.1 Å². The van der Waals surface area contributed by atoms with Crippen molar-refractivity contribution in [3.63, 3.8) is 0 Å². The zero-order chi connectivity index (χ0) is 7.40. The van der Waals surface area contributed by atoms with Crippen LogP contribution in [0.1, 0.15) is 33.1 Å². The van der Waals surface area contributed by atoms with Crippen LogP contribution in [0.15, 0.2) is 11.1 Å². The largest absolute Gasteiger partial charge is 0.316 e. The fraction of sp³-hybridized carbons (Fsp3) is 0.778. The summed E-state index contributed by atoms with van der Waals surface area (Å²) in [5.74, 6) is 0. The van der Waals surface area contributed by atoms with Crippen molar-refractivity contribution in [3.05, 3.63) is 11.1 Å². The van der Waals surface area contributed by atoms with Crippen molar-refractivity contribution < 1.29 is 0 Å². The van der Waals surface area contributed by atoms with Gasteiger partial charge in [-0.05, 0) is 46.2 Å². The second kappa shape index (κ2) is 5.62. The monoisotopic (exact) mass is 175 g/mol. The topological polar surface area (TPSA) is 12.0 Å². The van der Waals surface area contributed by atoms with Crippen LogP contribution >= 0.6 is 12.4 Å². The first-order chi connectivity index (χ1) is 4.80. The van der Waals surface area contributed by atoms with E-state index >= 15 is 0 Å². The molecule has 1 heterocycles. The summed E-state index contributed by atoms with van der Waals surface area (Å²) in [7, 11) is 0. The number of allylic oxidation sites excluding steroid dienone is 1. The summed E-state index contributed by atoms with van der Waals surface area (Å²) in [5, 5.41) is 3.40. The Balaban J connectivity index is 0.000001000. The molecular weight excluding hydrogens is 158 g/mol. The van der Waals surface area contributed by atoms with Gasteiger partial charge in [-0.2, -0.15) is 0 Å². The van der Waals surface area contributed by atoms with Crippen molar-refractivity contribution in [2.45, 2.75) is 33.1 Å². The highest BCUT2D eigenvalue weighted by Crippen LogP contribution is 2.15. The summed E-state index contributed by atoms with van der Waals surface area (Å²) in [6, 6.07) is 0. The van der Waals surface area contributed by atoms with E-state index in [2.05, 4.69) is 19.2 Å². The quantitative estimate of drug-likeness (QED) is 0.558. The van der Waals surface area contributed by atoms with Crippen molar-refractivity contribution in [3.8, 4) is 0 Å². The average molecular weight is 176 g/mol. The molecule has 1 saturated heterocycles. The summed E-state index contributed by atoms with van der Waals surface area (Å²) in [6.45, 7) is 6.83. The Morgan fingerprint density at radius 1 is 1.18 bits per heavy atom. The molecule has 1 aliphatic heterocycles. The Kier molecular flexibility index (Phi) is 5.61. The minimum absolute atomic E-state index is 0. The van der Waals surface area contributed by atoms with Gasteiger partial charge in [0.15, 0.2) is 0 Å². The molecule has 0 unspecified atom stereocenters. The highest BCUT2D eigenvalue weighted by molar-refractivity contribution is 5.85. The molecule has 1 rings (SSSR count). The van der Waals surface area contributed by atoms with Crippen molar-refractivity contribution >= 4 is 12.4 Å². The molecule has 0 spiro atoms. The van der Waals surface area contributed by atoms with Crippen LogP contribution in [0.25, 0.3) is 0 Å². The van der Waals surface area contributed by atoms with Crippen LogP contribution < -0.4 is 5.32 Å². The summed E-state index contributed by atoms with van der Waals surface area (Å²) < 4.78 is 0. The third-order valence-corrected chi connectivity index (χ3v) is 2.14. The predicted octanol–water partition coefficient (Wildman–Crippen LogP) is 2.52. The third-order valence-electron chi connectivity index (χ3n) is 2.14. The van der Waals surface area contributed by atoms with Crippen molar-refractivity contribution in [1.82, 2.24) is 5.32 Å². The first-order valence-electron chi connectivity index (χ1n) is 4.16. The van der Waals surface area contributed by atoms with Crippen LogP contribution in [0.4, 0.5) is 0 Å². The smallest absolute Gasteiger partial charge is 0.00115 e. The SMILES string of the molecule is CC(C)=C1CCCNCC1.Cl. The van der Waals surface area contributed by atoms with Gasteiger partial charge in [0.1, 0.15) is 0 Å². The van der Waals surface area contributed by atoms with Crippen LogP contribution in [0, 0.1) is 0 Å². The van der Waals surface area contributed by atoms with E-state index < -0.39 is 0 Å². The number of hydrogen-bond donors (Lipinski definition) is 1. The Bertz CT molecular complexity index is 126. The fourth-order valence-electron chi connectivity index (χ4n) is 1.42. The van der Waals surface area contributed by atoms with Crippen molar-refractivity contribution in [1.29, 1.82) is 0 Å². The van der Waals surface area contributed by atoms with Crippen LogP contribution in [0.2, 0.25) is 0 Å². The number of halogens is 1. The van der Waals surface area contributed by atoms with Gasteiger partial charge < -0.3 is 5.32 Å². The van der Waals surface area contributed by atoms with Gasteiger partial charge in [0.2, 0.25) is 0 Å². The zero-order valence-electron chi connectivity index (χ0n) is 7.44. The minimum Gasteiger partial charge on any atom is -0.316 e. The fourth-order valence-corrected chi connectivity index (χ4v) is 1.42. The van der Waals surface area contributed by atoms with Gasteiger partial charge in [-0.25, -0.2) is 0 Å². The van der Waals surface area contributed by atoms with E-state index in [4.69, 9.17) is 0 Å². The molecule has 0 amide bonds. The summed E-state index contributed by atoms with van der Waals surface area (Å²) >= 11 is 0. The normalized spacial score (nSPS) is 18.5. The zero-order valence-corrected chi connectivity index (χ0v) is 8.26. The highest BCUT2D eigenvalue weighted by Gasteiger charge is 2.03. The Labute approximate surface area is 75.7 Å². The van der Waals surface area contributed by atoms with Crippen molar-refractivity contribution in [2.75, 3.05) is 13.1 Å². The molecule has 0 aliphatic carbocycles. The maximum atomic E-state index is 3.40. The molecule has 0 aromatic heterocycles. The molecule has 0 aromatic rings. The Morgan fingerprint density at radius 2 is 1.91 bits per heavy atom. The molecule has 0 bridgehead atoms. The molecule has 1 nitrogen and oxygen atoms in total. The molecule has 2 heteroatoms. The molecule has 0 aromatic carbocycles. The second-order valence-corrected chi connectivity index (χ2v) is 3.21. The van der Waals surface area contributed by atoms with Gasteiger partial charge in [0.05, 0.1) is 0 Å². The molecule has 0 radical (unpaired) electrons. The second-order valence-electron chi connectivity index (χ2n) is 3.21. The third kappa shape index (κ3) is 3.78. The van der Waals surface area contributed by atoms with Gasteiger partial charge in [-0.3, -0.25) is 0 Å². The maximum Gasteiger partial charge on any atom is -0.00115 e. The lowest BCUT2D eigenvalue weighted by Gasteiger charge is -2.03. The lowest BCUT2D eigenvalue weighted by Crippen LogP contribution is -2.13. The van der Waals surface area contributed by atoms with E-state index in [1.165, 1.54) is 37.9 Å². The number of rotatable bonds is 0. The van der Waals surface area contributed by atoms with Gasteiger partial charge in [0, 0.05) is 0 Å². The van der Waals surface area contributed by atoms with E-state index in [1.807, 2.05) is 0 Å². The molecular formula is C9H18ClN. The van der Waals surface area contributed by atoms with Crippen LogP contribution in [-0.2, 0) is 0 Å². The first-order valence-corrected chi connectivity index (χ1v) is 4.16. The highest BCUT2D eigenvalue weighted by atomic mass is 35.5. The van der Waals surface area contributed by atoms with Gasteiger partial charge in [-0.15, -0.1) is 12.4 Å². The van der Waals surface area contributed by atoms with E-state index in [0.717, 1.165) is 0 Å². The molecule has 11 heavy (non-hydrogen) atoms. The van der Waals surface area contributed by atoms with Crippen LogP contribution in [-0.4, -0.2) is 13.1 Å². The molecule has 0 saturated carbocycles. The Morgan fingerprint density at radius 3 is 2.55 bits per heavy atom. The maximum absolute atomic E-state index is 3.40. The number of nitrogens with one attached hydrogen (secondary N) is 1. The van der Waals surface area contributed by atoms with E-state index in [9.17, 15) is 0 Å². The standard InChI is InChI=1S/C9H17N.ClH/c1-8(2)9-4-3-6-10-7-5-9;/h10H,3-7H2,1-2H3;1H. The molecule has 0 atom stereocenters. The number of hydrogen-bond acceptors (Lipinski definition) is 1. The minimum atomic E-state index is 0. The van der Waals surface area contributed by atoms with E-state index in [-0.39, 0.29) is 12.4 Å². The Hall–Kier alpha value is -0.0100. The predicted molar refractivity (Wildman–Crippen MR) is 52.3 cm³/mol. The van der Waals surface area contributed by atoms with E-state index in [0.29, 0.717) is 0 Å². The lowest BCUT2D eigenvalue weighted by molar-refractivity contribution is 0.703. The van der Waals surface area contributed by atoms with Gasteiger partial charge >= 0.3 is 0 Å². The molecule has 1 fully saturated rings. The summed E-state index contributed by atoms with van der Waals surface area (Å²) in [6.07, 6.45) is 3.90. The van der Waals surface area contributed by atoms with E-state index in [1.54, 1.807) is 5.57 Å². The summed E-state index contributed by atoms with van der Waals surface area (Å²) in [5.41, 5.74) is 3.20. The molecule has 1 aliphatic rings. The average Bonchev–Trinajstić information content (AvgIpc) is 2.12.